The van der Waals surface area contributed by atoms with E-state index in [4.69, 9.17) is 10.3 Å². The maximum absolute atomic E-state index is 10.7. The Morgan fingerprint density at radius 3 is 2.75 bits per heavy atom. The average Bonchev–Trinajstić information content (AvgIpc) is 2.60. The Morgan fingerprint density at radius 2 is 2.25 bits per heavy atom. The van der Waals surface area contributed by atoms with Crippen molar-refractivity contribution in [3.05, 3.63) is 0 Å². The first kappa shape index (κ1) is 7.58. The van der Waals surface area contributed by atoms with Crippen LogP contribution in [0, 0.1) is 17.8 Å². The molecule has 0 aromatic heterocycles. The van der Waals surface area contributed by atoms with Crippen molar-refractivity contribution in [1.29, 1.82) is 0 Å². The van der Waals surface area contributed by atoms with E-state index in [1.54, 1.807) is 0 Å². The van der Waals surface area contributed by atoms with Crippen molar-refractivity contribution in [3.8, 4) is 0 Å². The van der Waals surface area contributed by atoms with Gasteiger partial charge in [0.1, 0.15) is 0 Å². The summed E-state index contributed by atoms with van der Waals surface area (Å²) < 4.78 is 0. The number of rotatable bonds is 1. The van der Waals surface area contributed by atoms with Crippen LogP contribution < -0.4 is 0 Å². The van der Waals surface area contributed by atoms with Crippen molar-refractivity contribution >= 4 is 11.7 Å². The molecular formula is C8H11NO3. The summed E-state index contributed by atoms with van der Waals surface area (Å²) >= 11 is 0. The molecule has 4 nitrogen and oxygen atoms in total. The van der Waals surface area contributed by atoms with Gasteiger partial charge in [0.05, 0.1) is 11.6 Å². The molecule has 0 spiro atoms. The number of hydrogen-bond acceptors (Lipinski definition) is 3. The SMILES string of the molecule is O=C(O)[C@H]1C[C@H]2C/C(=N/O)[C@H]1C2. The molecule has 2 bridgehead atoms. The van der Waals surface area contributed by atoms with Gasteiger partial charge in [-0.15, -0.1) is 0 Å². The van der Waals surface area contributed by atoms with Gasteiger partial charge in [0.25, 0.3) is 0 Å². The Bertz CT molecular complexity index is 249. The van der Waals surface area contributed by atoms with Gasteiger partial charge in [-0.1, -0.05) is 5.16 Å². The van der Waals surface area contributed by atoms with Crippen molar-refractivity contribution in [2.24, 2.45) is 22.9 Å². The lowest BCUT2D eigenvalue weighted by Crippen LogP contribution is -2.26. The van der Waals surface area contributed by atoms with Crippen LogP contribution in [0.1, 0.15) is 19.3 Å². The maximum Gasteiger partial charge on any atom is 0.307 e. The molecule has 2 N–H and O–H groups in total. The highest BCUT2D eigenvalue weighted by Gasteiger charge is 2.47. The highest BCUT2D eigenvalue weighted by Crippen LogP contribution is 2.46. The zero-order valence-electron chi connectivity index (χ0n) is 6.60. The van der Waals surface area contributed by atoms with Crippen LogP contribution in [0.3, 0.4) is 0 Å². The molecule has 0 aromatic rings. The third-order valence-corrected chi connectivity index (χ3v) is 3.03. The molecule has 2 rings (SSSR count). The van der Waals surface area contributed by atoms with Crippen LogP contribution in [0.4, 0.5) is 0 Å². The molecular weight excluding hydrogens is 158 g/mol. The minimum Gasteiger partial charge on any atom is -0.481 e. The predicted octanol–water partition coefficient (Wildman–Crippen LogP) is 0.947. The number of aliphatic carboxylic acids is 1. The Kier molecular flexibility index (Phi) is 1.56. The third kappa shape index (κ3) is 0.906. The quantitative estimate of drug-likeness (QED) is 0.453. The summed E-state index contributed by atoms with van der Waals surface area (Å²) in [5.74, 6) is -0.586. The fraction of sp³-hybridized carbons (Fsp3) is 0.750. The number of hydrogen-bond donors (Lipinski definition) is 2. The van der Waals surface area contributed by atoms with Gasteiger partial charge in [0.2, 0.25) is 0 Å². The monoisotopic (exact) mass is 169 g/mol. The van der Waals surface area contributed by atoms with Gasteiger partial charge in [-0.25, -0.2) is 0 Å². The standard InChI is InChI=1S/C8H11NO3/c10-8(11)6-2-4-1-5(6)7(3-4)9-12/h4-6,12H,1-3H2,(H,10,11)/b9-7-/t4-,5-,6-/m0/s1. The van der Waals surface area contributed by atoms with Gasteiger partial charge in [0.15, 0.2) is 0 Å². The summed E-state index contributed by atoms with van der Waals surface area (Å²) in [5, 5.41) is 20.6. The smallest absolute Gasteiger partial charge is 0.307 e. The zero-order chi connectivity index (χ0) is 8.72. The second-order valence-corrected chi connectivity index (χ2v) is 3.68. The molecule has 4 heteroatoms. The van der Waals surface area contributed by atoms with E-state index in [0.29, 0.717) is 11.6 Å². The molecule has 2 saturated carbocycles. The number of fused-ring (bicyclic) bond motifs is 2. The van der Waals surface area contributed by atoms with Crippen molar-refractivity contribution in [2.45, 2.75) is 19.3 Å². The molecule has 12 heavy (non-hydrogen) atoms. The number of carboxylic acids is 1. The molecule has 2 aliphatic rings. The molecule has 2 aliphatic carbocycles. The minimum absolute atomic E-state index is 0.0116. The zero-order valence-corrected chi connectivity index (χ0v) is 6.60. The first-order chi connectivity index (χ1) is 5.72. The molecule has 0 amide bonds. The van der Waals surface area contributed by atoms with Crippen molar-refractivity contribution < 1.29 is 15.1 Å². The summed E-state index contributed by atoms with van der Waals surface area (Å²) in [4.78, 5) is 10.7. The molecule has 66 valence electrons. The van der Waals surface area contributed by atoms with Crippen LogP contribution in [-0.2, 0) is 4.79 Å². The number of carbonyl (C=O) groups is 1. The van der Waals surface area contributed by atoms with Crippen LogP contribution >= 0.6 is 0 Å². The normalized spacial score (nSPS) is 42.3. The highest BCUT2D eigenvalue weighted by molar-refractivity contribution is 5.93. The fourth-order valence-electron chi connectivity index (χ4n) is 2.51. The van der Waals surface area contributed by atoms with Crippen molar-refractivity contribution in [3.63, 3.8) is 0 Å². The van der Waals surface area contributed by atoms with E-state index in [9.17, 15) is 4.79 Å². The third-order valence-electron chi connectivity index (χ3n) is 3.03. The average molecular weight is 169 g/mol. The van der Waals surface area contributed by atoms with E-state index in [1.807, 2.05) is 0 Å². The summed E-state index contributed by atoms with van der Waals surface area (Å²) in [5.41, 5.74) is 0.693. The predicted molar refractivity (Wildman–Crippen MR) is 41.2 cm³/mol. The van der Waals surface area contributed by atoms with Crippen LogP contribution in [-0.4, -0.2) is 22.0 Å². The van der Waals surface area contributed by atoms with Gasteiger partial charge >= 0.3 is 5.97 Å². The lowest BCUT2D eigenvalue weighted by molar-refractivity contribution is -0.142. The van der Waals surface area contributed by atoms with Gasteiger partial charge in [-0.3, -0.25) is 4.79 Å². The van der Waals surface area contributed by atoms with Gasteiger partial charge in [0, 0.05) is 5.92 Å². The van der Waals surface area contributed by atoms with Gasteiger partial charge in [-0.2, -0.15) is 0 Å². The van der Waals surface area contributed by atoms with Gasteiger partial charge < -0.3 is 10.3 Å². The number of nitrogens with zero attached hydrogens (tertiary/aromatic N) is 1. The van der Waals surface area contributed by atoms with E-state index in [1.165, 1.54) is 0 Å². The minimum atomic E-state index is -0.747. The largest absolute Gasteiger partial charge is 0.481 e. The molecule has 2 fully saturated rings. The van der Waals surface area contributed by atoms with Crippen LogP contribution in [0.25, 0.3) is 0 Å². The molecule has 0 aliphatic heterocycles. The van der Waals surface area contributed by atoms with Gasteiger partial charge in [-0.05, 0) is 25.2 Å². The topological polar surface area (TPSA) is 69.9 Å². The van der Waals surface area contributed by atoms with E-state index in [-0.39, 0.29) is 11.8 Å². The van der Waals surface area contributed by atoms with Crippen molar-refractivity contribution in [2.75, 3.05) is 0 Å². The summed E-state index contributed by atoms with van der Waals surface area (Å²) in [6.45, 7) is 0. The number of oxime groups is 1. The second kappa shape index (κ2) is 2.47. The first-order valence-electron chi connectivity index (χ1n) is 4.16. The molecule has 3 atom stereocenters. The van der Waals surface area contributed by atoms with E-state index >= 15 is 0 Å². The van der Waals surface area contributed by atoms with E-state index in [2.05, 4.69) is 5.16 Å². The van der Waals surface area contributed by atoms with E-state index in [0.717, 1.165) is 19.3 Å². The second-order valence-electron chi connectivity index (χ2n) is 3.68. The van der Waals surface area contributed by atoms with Crippen molar-refractivity contribution in [1.82, 2.24) is 0 Å². The van der Waals surface area contributed by atoms with Crippen LogP contribution in [0.15, 0.2) is 5.16 Å². The molecule has 0 unspecified atom stereocenters. The highest BCUT2D eigenvalue weighted by atomic mass is 16.4. The maximum atomic E-state index is 10.7. The molecule has 0 saturated heterocycles. The Morgan fingerprint density at radius 1 is 1.50 bits per heavy atom. The first-order valence-corrected chi connectivity index (χ1v) is 4.16. The number of carboxylic acid groups (broad SMARTS) is 1. The Hall–Kier alpha value is -1.06. The lowest BCUT2D eigenvalue weighted by atomic mass is 9.87. The lowest BCUT2D eigenvalue weighted by Gasteiger charge is -2.17. The summed E-state index contributed by atoms with van der Waals surface area (Å²) in [6.07, 6.45) is 2.46. The Balaban J connectivity index is 2.20. The molecule has 0 heterocycles. The summed E-state index contributed by atoms with van der Waals surface area (Å²) in [7, 11) is 0. The molecule has 0 aromatic carbocycles. The fourth-order valence-corrected chi connectivity index (χ4v) is 2.51. The van der Waals surface area contributed by atoms with Crippen LogP contribution in [0.5, 0.6) is 0 Å². The summed E-state index contributed by atoms with van der Waals surface area (Å²) in [6, 6.07) is 0. The molecule has 0 radical (unpaired) electrons. The van der Waals surface area contributed by atoms with Crippen LogP contribution in [0.2, 0.25) is 0 Å². The van der Waals surface area contributed by atoms with E-state index < -0.39 is 5.97 Å². The Labute approximate surface area is 69.9 Å².